The van der Waals surface area contributed by atoms with Crippen molar-refractivity contribution < 1.29 is 4.74 Å². The van der Waals surface area contributed by atoms with Crippen LogP contribution in [-0.2, 0) is 6.54 Å². The third-order valence-electron chi connectivity index (χ3n) is 2.56. The highest BCUT2D eigenvalue weighted by Crippen LogP contribution is 2.36. The zero-order chi connectivity index (χ0) is 14.7. The number of halogens is 3. The van der Waals surface area contributed by atoms with Crippen LogP contribution in [0, 0.1) is 6.92 Å². The second-order valence-electron chi connectivity index (χ2n) is 4.28. The van der Waals surface area contributed by atoms with Crippen LogP contribution in [0.5, 0.6) is 11.6 Å². The van der Waals surface area contributed by atoms with Gasteiger partial charge in [0.1, 0.15) is 5.75 Å². The van der Waals surface area contributed by atoms with Crippen molar-refractivity contribution in [3.05, 3.63) is 50.0 Å². The molecule has 1 heterocycles. The Morgan fingerprint density at radius 3 is 2.65 bits per heavy atom. The summed E-state index contributed by atoms with van der Waals surface area (Å²) < 4.78 is 6.46. The van der Waals surface area contributed by atoms with E-state index >= 15 is 0 Å². The lowest BCUT2D eigenvalue weighted by molar-refractivity contribution is 0.460. The molecule has 0 amide bonds. The highest BCUT2D eigenvalue weighted by Gasteiger charge is 2.09. The summed E-state index contributed by atoms with van der Waals surface area (Å²) >= 11 is 15.5. The maximum atomic E-state index is 6.14. The number of hydrogen-bond acceptors (Lipinski definition) is 3. The number of aromatic nitrogens is 1. The summed E-state index contributed by atoms with van der Waals surface area (Å²) in [6.45, 7) is 2.66. The molecule has 20 heavy (non-hydrogen) atoms. The van der Waals surface area contributed by atoms with Crippen molar-refractivity contribution >= 4 is 39.1 Å². The lowest BCUT2D eigenvalue weighted by atomic mass is 10.2. The van der Waals surface area contributed by atoms with Gasteiger partial charge in [0, 0.05) is 28.8 Å². The van der Waals surface area contributed by atoms with Gasteiger partial charge >= 0.3 is 0 Å². The average Bonchev–Trinajstić information content (AvgIpc) is 2.35. The van der Waals surface area contributed by atoms with E-state index in [-0.39, 0.29) is 0 Å². The molecule has 2 rings (SSSR count). The summed E-state index contributed by atoms with van der Waals surface area (Å²) in [5, 5.41) is 4.10. The Balaban J connectivity index is 2.32. The van der Waals surface area contributed by atoms with E-state index in [0.29, 0.717) is 21.7 Å². The molecule has 1 aromatic heterocycles. The number of aryl methyl sites for hydroxylation is 1. The third kappa shape index (κ3) is 3.85. The second kappa shape index (κ2) is 6.76. The van der Waals surface area contributed by atoms with Crippen molar-refractivity contribution in [1.82, 2.24) is 10.3 Å². The Morgan fingerprint density at radius 1 is 1.20 bits per heavy atom. The van der Waals surface area contributed by atoms with Crippen LogP contribution >= 0.6 is 39.1 Å². The second-order valence-corrected chi connectivity index (χ2v) is 5.95. The summed E-state index contributed by atoms with van der Waals surface area (Å²) in [5.74, 6) is 0.976. The van der Waals surface area contributed by atoms with E-state index in [2.05, 4.69) is 26.2 Å². The molecule has 0 aliphatic heterocycles. The smallest absolute Gasteiger partial charge is 0.219 e. The molecule has 3 nitrogen and oxygen atoms in total. The first-order valence-electron chi connectivity index (χ1n) is 5.94. The van der Waals surface area contributed by atoms with Gasteiger partial charge in [-0.2, -0.15) is 0 Å². The van der Waals surface area contributed by atoms with Gasteiger partial charge in [-0.15, -0.1) is 0 Å². The number of rotatable bonds is 4. The number of hydrogen-bond donors (Lipinski definition) is 1. The van der Waals surface area contributed by atoms with E-state index in [4.69, 9.17) is 27.9 Å². The molecule has 1 N–H and O–H groups in total. The van der Waals surface area contributed by atoms with Crippen molar-refractivity contribution in [2.24, 2.45) is 0 Å². The third-order valence-corrected chi connectivity index (χ3v) is 4.05. The molecule has 0 fully saturated rings. The molecule has 0 bridgehead atoms. The van der Waals surface area contributed by atoms with Crippen molar-refractivity contribution in [1.29, 1.82) is 0 Å². The molecule has 0 spiro atoms. The van der Waals surface area contributed by atoms with Crippen molar-refractivity contribution in [2.75, 3.05) is 7.05 Å². The van der Waals surface area contributed by atoms with Crippen LogP contribution in [0.4, 0.5) is 0 Å². The van der Waals surface area contributed by atoms with Gasteiger partial charge < -0.3 is 10.1 Å². The van der Waals surface area contributed by atoms with Gasteiger partial charge in [0.05, 0.1) is 10.0 Å². The number of nitrogens with one attached hydrogen (secondary N) is 1. The van der Waals surface area contributed by atoms with Crippen LogP contribution in [0.25, 0.3) is 0 Å². The lowest BCUT2D eigenvalue weighted by Gasteiger charge is -2.10. The Labute approximate surface area is 136 Å². The van der Waals surface area contributed by atoms with Crippen LogP contribution in [0.2, 0.25) is 10.0 Å². The molecule has 0 radical (unpaired) electrons. The molecule has 0 aliphatic carbocycles. The highest BCUT2D eigenvalue weighted by atomic mass is 79.9. The minimum atomic E-state index is 0.472. The minimum Gasteiger partial charge on any atom is -0.437 e. The number of pyridine rings is 1. The summed E-state index contributed by atoms with van der Waals surface area (Å²) in [6, 6.07) is 7.23. The van der Waals surface area contributed by atoms with Gasteiger partial charge in [-0.25, -0.2) is 4.98 Å². The van der Waals surface area contributed by atoms with Crippen molar-refractivity contribution in [2.45, 2.75) is 13.5 Å². The molecule has 0 aliphatic rings. The van der Waals surface area contributed by atoms with Crippen LogP contribution in [0.15, 0.2) is 28.7 Å². The summed E-state index contributed by atoms with van der Waals surface area (Å²) in [7, 11) is 1.89. The molecule has 6 heteroatoms. The summed E-state index contributed by atoms with van der Waals surface area (Å²) in [4.78, 5) is 4.34. The summed E-state index contributed by atoms with van der Waals surface area (Å²) in [6.07, 6.45) is 0. The molecule has 1 aromatic carbocycles. The van der Waals surface area contributed by atoms with Gasteiger partial charge in [0.15, 0.2) is 0 Å². The SMILES string of the molecule is CNCc1cc(C)nc(Oc2cc(Cl)c(Br)cc2Cl)c1. The number of benzene rings is 1. The lowest BCUT2D eigenvalue weighted by Crippen LogP contribution is -2.06. The molecular weight excluding hydrogens is 363 g/mol. The summed E-state index contributed by atoms with van der Waals surface area (Å²) in [5.41, 5.74) is 1.97. The predicted octanol–water partition coefficient (Wildman–Crippen LogP) is 4.97. The molecule has 0 saturated heterocycles. The van der Waals surface area contributed by atoms with E-state index in [1.54, 1.807) is 12.1 Å². The monoisotopic (exact) mass is 374 g/mol. The normalized spacial score (nSPS) is 10.7. The molecule has 106 valence electrons. The topological polar surface area (TPSA) is 34.2 Å². The van der Waals surface area contributed by atoms with Crippen LogP contribution in [0.1, 0.15) is 11.3 Å². The van der Waals surface area contributed by atoms with Crippen LogP contribution in [-0.4, -0.2) is 12.0 Å². The van der Waals surface area contributed by atoms with E-state index in [1.807, 2.05) is 26.1 Å². The maximum absolute atomic E-state index is 6.14. The van der Waals surface area contributed by atoms with Crippen LogP contribution in [0.3, 0.4) is 0 Å². The fourth-order valence-corrected chi connectivity index (χ4v) is 2.59. The van der Waals surface area contributed by atoms with E-state index in [0.717, 1.165) is 22.3 Å². The fraction of sp³-hybridized carbons (Fsp3) is 0.214. The van der Waals surface area contributed by atoms with Crippen molar-refractivity contribution in [3.8, 4) is 11.6 Å². The Hall–Kier alpha value is -0.810. The Bertz CT molecular complexity index is 635. The molecule has 0 atom stereocenters. The maximum Gasteiger partial charge on any atom is 0.219 e. The first-order valence-corrected chi connectivity index (χ1v) is 7.49. The standard InChI is InChI=1S/C14H13BrCl2N2O/c1-8-3-9(7-18-2)4-14(19-8)20-13-6-11(16)10(15)5-12(13)17/h3-6,18H,7H2,1-2H3. The largest absolute Gasteiger partial charge is 0.437 e. The molecule has 0 unspecified atom stereocenters. The van der Waals surface area contributed by atoms with Gasteiger partial charge in [0.25, 0.3) is 0 Å². The number of nitrogens with zero attached hydrogens (tertiary/aromatic N) is 1. The Kier molecular flexibility index (Phi) is 5.27. The van der Waals surface area contributed by atoms with Gasteiger partial charge in [-0.3, -0.25) is 0 Å². The fourth-order valence-electron chi connectivity index (χ4n) is 1.76. The first kappa shape index (κ1) is 15.6. The van der Waals surface area contributed by atoms with Gasteiger partial charge in [-0.1, -0.05) is 23.2 Å². The highest BCUT2D eigenvalue weighted by molar-refractivity contribution is 9.10. The van der Waals surface area contributed by atoms with Crippen LogP contribution < -0.4 is 10.1 Å². The van der Waals surface area contributed by atoms with Crippen molar-refractivity contribution in [3.63, 3.8) is 0 Å². The average molecular weight is 376 g/mol. The zero-order valence-corrected chi connectivity index (χ0v) is 14.1. The van der Waals surface area contributed by atoms with Gasteiger partial charge in [-0.05, 0) is 47.6 Å². The Morgan fingerprint density at radius 2 is 1.95 bits per heavy atom. The first-order chi connectivity index (χ1) is 9.49. The van der Waals surface area contributed by atoms with E-state index < -0.39 is 0 Å². The zero-order valence-electron chi connectivity index (χ0n) is 11.0. The quantitative estimate of drug-likeness (QED) is 0.766. The van der Waals surface area contributed by atoms with E-state index in [1.165, 1.54) is 0 Å². The minimum absolute atomic E-state index is 0.472. The van der Waals surface area contributed by atoms with Gasteiger partial charge in [0.2, 0.25) is 5.88 Å². The number of ether oxygens (including phenoxy) is 1. The van der Waals surface area contributed by atoms with E-state index in [9.17, 15) is 0 Å². The molecule has 0 saturated carbocycles. The molecule has 2 aromatic rings. The molecular formula is C14H13BrCl2N2O. The predicted molar refractivity (Wildman–Crippen MR) is 86.0 cm³/mol.